The van der Waals surface area contributed by atoms with E-state index in [4.69, 9.17) is 0 Å². The minimum atomic E-state index is -4.39. The summed E-state index contributed by atoms with van der Waals surface area (Å²) >= 11 is 1.29. The zero-order chi connectivity index (χ0) is 22.4. The van der Waals surface area contributed by atoms with E-state index in [1.807, 2.05) is 0 Å². The normalized spacial score (nSPS) is 16.9. The second-order valence-corrected chi connectivity index (χ2v) is 9.23. The van der Waals surface area contributed by atoms with Crippen molar-refractivity contribution >= 4 is 33.3 Å². The van der Waals surface area contributed by atoms with Gasteiger partial charge in [-0.1, -0.05) is 17.4 Å². The number of nitrogens with one attached hydrogen (secondary N) is 1. The molecule has 1 unspecified atom stereocenters. The standard InChI is InChI=1S/C21H21F3N4O2S/c1-20(2,21(22,23)24)16-6-4-11-7-12(3-5-14(11)27-16)18(30)26-13-8-15-19(25-9-13)31-17(10-29)28-15/h4,6,8-9,12,29H,3,5,7,10H2,1-2H3,(H,26,30). The molecule has 0 aliphatic heterocycles. The van der Waals surface area contributed by atoms with Crippen molar-refractivity contribution in [1.82, 2.24) is 15.0 Å². The fourth-order valence-corrected chi connectivity index (χ4v) is 4.32. The van der Waals surface area contributed by atoms with E-state index in [-0.39, 0.29) is 24.1 Å². The third-order valence-corrected chi connectivity index (χ3v) is 6.64. The molecular formula is C21H21F3N4O2S. The zero-order valence-corrected chi connectivity index (χ0v) is 17.8. The number of aliphatic hydroxyl groups is 1. The van der Waals surface area contributed by atoms with Crippen LogP contribution in [0.2, 0.25) is 0 Å². The van der Waals surface area contributed by atoms with Crippen LogP contribution in [0.4, 0.5) is 18.9 Å². The molecule has 1 aliphatic carbocycles. The number of anilines is 1. The van der Waals surface area contributed by atoms with Gasteiger partial charge >= 0.3 is 6.18 Å². The number of amides is 1. The molecule has 0 bridgehead atoms. The van der Waals surface area contributed by atoms with Crippen molar-refractivity contribution < 1.29 is 23.1 Å². The van der Waals surface area contributed by atoms with Gasteiger partial charge in [-0.2, -0.15) is 13.2 Å². The van der Waals surface area contributed by atoms with Crippen LogP contribution in [-0.4, -0.2) is 32.1 Å². The minimum absolute atomic E-state index is 0.00783. The molecule has 10 heteroatoms. The summed E-state index contributed by atoms with van der Waals surface area (Å²) in [6.07, 6.45) is -1.48. The molecule has 3 aromatic heterocycles. The predicted octanol–water partition coefficient (Wildman–Crippen LogP) is 4.16. The largest absolute Gasteiger partial charge is 0.399 e. The van der Waals surface area contributed by atoms with E-state index in [0.717, 1.165) is 19.4 Å². The van der Waals surface area contributed by atoms with Gasteiger partial charge in [-0.25, -0.2) is 9.97 Å². The Kier molecular flexibility index (Phi) is 5.47. The lowest BCUT2D eigenvalue weighted by Crippen LogP contribution is -2.38. The van der Waals surface area contributed by atoms with Gasteiger partial charge in [0.15, 0.2) is 0 Å². The summed E-state index contributed by atoms with van der Waals surface area (Å²) in [5, 5.41) is 12.6. The fourth-order valence-electron chi connectivity index (χ4n) is 3.58. The lowest BCUT2D eigenvalue weighted by molar-refractivity contribution is -0.181. The Morgan fingerprint density at radius 1 is 1.29 bits per heavy atom. The summed E-state index contributed by atoms with van der Waals surface area (Å²) < 4.78 is 40.0. The van der Waals surface area contributed by atoms with E-state index in [2.05, 4.69) is 20.3 Å². The minimum Gasteiger partial charge on any atom is -0.389 e. The molecule has 1 aliphatic rings. The third kappa shape index (κ3) is 4.14. The van der Waals surface area contributed by atoms with Gasteiger partial charge < -0.3 is 10.4 Å². The number of nitrogens with zero attached hydrogens (tertiary/aromatic N) is 3. The number of pyridine rings is 2. The van der Waals surface area contributed by atoms with Crippen molar-refractivity contribution in [3.63, 3.8) is 0 Å². The molecule has 4 rings (SSSR count). The zero-order valence-electron chi connectivity index (χ0n) is 17.0. The van der Waals surface area contributed by atoms with Gasteiger partial charge in [-0.05, 0) is 50.8 Å². The number of aryl methyl sites for hydroxylation is 1. The number of thiazole rings is 1. The summed E-state index contributed by atoms with van der Waals surface area (Å²) in [5.74, 6) is -0.487. The van der Waals surface area contributed by atoms with Crippen LogP contribution >= 0.6 is 11.3 Å². The highest BCUT2D eigenvalue weighted by Crippen LogP contribution is 2.40. The average Bonchev–Trinajstić information content (AvgIpc) is 3.14. The molecule has 0 aromatic carbocycles. The second kappa shape index (κ2) is 7.83. The molecule has 0 fully saturated rings. The van der Waals surface area contributed by atoms with Crippen molar-refractivity contribution in [2.45, 2.75) is 51.3 Å². The van der Waals surface area contributed by atoms with Crippen LogP contribution in [0.25, 0.3) is 10.3 Å². The van der Waals surface area contributed by atoms with Crippen LogP contribution in [0.1, 0.15) is 42.2 Å². The number of halogens is 3. The fraction of sp³-hybridized carbons (Fsp3) is 0.429. The van der Waals surface area contributed by atoms with E-state index in [9.17, 15) is 23.1 Å². The van der Waals surface area contributed by atoms with Gasteiger partial charge in [0.1, 0.15) is 20.8 Å². The quantitative estimate of drug-likeness (QED) is 0.623. The molecule has 6 nitrogen and oxygen atoms in total. The van der Waals surface area contributed by atoms with Gasteiger partial charge in [-0.3, -0.25) is 9.78 Å². The van der Waals surface area contributed by atoms with E-state index < -0.39 is 11.6 Å². The van der Waals surface area contributed by atoms with Gasteiger partial charge in [0.25, 0.3) is 0 Å². The van der Waals surface area contributed by atoms with Crippen molar-refractivity contribution in [2.24, 2.45) is 5.92 Å². The van der Waals surface area contributed by atoms with Crippen LogP contribution in [-0.2, 0) is 29.7 Å². The Bertz CT molecular complexity index is 1140. The smallest absolute Gasteiger partial charge is 0.389 e. The van der Waals surface area contributed by atoms with Crippen molar-refractivity contribution in [3.8, 4) is 0 Å². The van der Waals surface area contributed by atoms with Crippen LogP contribution in [0.5, 0.6) is 0 Å². The number of aromatic nitrogens is 3. The molecule has 1 atom stereocenters. The number of rotatable bonds is 4. The number of carbonyl (C=O) groups is 1. The van der Waals surface area contributed by atoms with Crippen molar-refractivity contribution in [2.75, 3.05) is 5.32 Å². The third-order valence-electron chi connectivity index (χ3n) is 5.68. The number of aliphatic hydroxyl groups excluding tert-OH is 1. The number of fused-ring (bicyclic) bond motifs is 2. The number of hydrogen-bond acceptors (Lipinski definition) is 6. The van der Waals surface area contributed by atoms with Crippen LogP contribution in [0.3, 0.4) is 0 Å². The van der Waals surface area contributed by atoms with Gasteiger partial charge in [0.2, 0.25) is 5.91 Å². The van der Waals surface area contributed by atoms with Gasteiger partial charge in [0, 0.05) is 11.6 Å². The average molecular weight is 450 g/mol. The topological polar surface area (TPSA) is 88.0 Å². The molecule has 31 heavy (non-hydrogen) atoms. The Morgan fingerprint density at radius 2 is 2.06 bits per heavy atom. The first-order valence-electron chi connectivity index (χ1n) is 9.81. The monoisotopic (exact) mass is 450 g/mol. The summed E-state index contributed by atoms with van der Waals surface area (Å²) in [4.78, 5) is 26.2. The Morgan fingerprint density at radius 3 is 2.77 bits per heavy atom. The SMILES string of the molecule is CC(C)(c1ccc2c(n1)CCC(C(=O)Nc1cnc3sc(CO)nc3c1)C2)C(F)(F)F. The molecule has 0 saturated carbocycles. The lowest BCUT2D eigenvalue weighted by Gasteiger charge is -2.29. The molecule has 0 spiro atoms. The molecule has 0 radical (unpaired) electrons. The first-order valence-corrected chi connectivity index (χ1v) is 10.6. The van der Waals surface area contributed by atoms with Crippen molar-refractivity contribution in [3.05, 3.63) is 46.4 Å². The maximum Gasteiger partial charge on any atom is 0.399 e. The first-order chi connectivity index (χ1) is 14.6. The highest BCUT2D eigenvalue weighted by Gasteiger charge is 2.49. The van der Waals surface area contributed by atoms with Crippen LogP contribution in [0, 0.1) is 5.92 Å². The maximum atomic E-state index is 13.3. The lowest BCUT2D eigenvalue weighted by atomic mass is 9.83. The summed E-state index contributed by atoms with van der Waals surface area (Å²) in [6.45, 7) is 2.08. The molecule has 2 N–H and O–H groups in total. The molecule has 3 heterocycles. The molecule has 1 amide bonds. The highest BCUT2D eigenvalue weighted by atomic mass is 32.1. The molecule has 3 aromatic rings. The summed E-state index contributed by atoms with van der Waals surface area (Å²) in [7, 11) is 0. The number of carbonyl (C=O) groups excluding carboxylic acids is 1. The molecule has 164 valence electrons. The highest BCUT2D eigenvalue weighted by molar-refractivity contribution is 7.18. The van der Waals surface area contributed by atoms with E-state index in [0.29, 0.717) is 46.0 Å². The maximum absolute atomic E-state index is 13.3. The summed E-state index contributed by atoms with van der Waals surface area (Å²) in [6, 6.07) is 4.77. The van der Waals surface area contributed by atoms with Crippen LogP contribution < -0.4 is 5.32 Å². The summed E-state index contributed by atoms with van der Waals surface area (Å²) in [5.41, 5.74) is 0.498. The van der Waals surface area contributed by atoms with Crippen LogP contribution in [0.15, 0.2) is 24.4 Å². The second-order valence-electron chi connectivity index (χ2n) is 8.17. The van der Waals surface area contributed by atoms with E-state index >= 15 is 0 Å². The first kappa shape index (κ1) is 21.6. The van der Waals surface area contributed by atoms with E-state index in [1.54, 1.807) is 18.3 Å². The Balaban J connectivity index is 1.48. The Hall–Kier alpha value is -2.59. The number of hydrogen-bond donors (Lipinski definition) is 2. The van der Waals surface area contributed by atoms with Gasteiger partial charge in [0.05, 0.1) is 24.2 Å². The number of alkyl halides is 3. The molecule has 0 saturated heterocycles. The predicted molar refractivity (Wildman–Crippen MR) is 111 cm³/mol. The van der Waals surface area contributed by atoms with Gasteiger partial charge in [-0.15, -0.1) is 0 Å². The molecular weight excluding hydrogens is 429 g/mol. The van der Waals surface area contributed by atoms with E-state index in [1.165, 1.54) is 17.4 Å². The Labute approximate surface area is 180 Å². The van der Waals surface area contributed by atoms with Crippen molar-refractivity contribution in [1.29, 1.82) is 0 Å².